The highest BCUT2D eigenvalue weighted by Gasteiger charge is 2.38. The summed E-state index contributed by atoms with van der Waals surface area (Å²) in [5.41, 5.74) is 0.945. The van der Waals surface area contributed by atoms with Crippen LogP contribution in [0.2, 0.25) is 0 Å². The molecule has 2 aliphatic rings. The molecule has 3 rings (SSSR count). The van der Waals surface area contributed by atoms with E-state index in [-0.39, 0.29) is 17.7 Å². The van der Waals surface area contributed by atoms with E-state index in [1.807, 2.05) is 29.2 Å². The molecule has 1 saturated heterocycles. The van der Waals surface area contributed by atoms with Crippen LogP contribution in [0.4, 0.5) is 0 Å². The quantitative estimate of drug-likeness (QED) is 0.905. The second-order valence-electron chi connectivity index (χ2n) is 6.42. The molecule has 0 bridgehead atoms. The lowest BCUT2D eigenvalue weighted by molar-refractivity contribution is -0.130. The molecule has 1 aromatic rings. The Labute approximate surface area is 137 Å². The predicted octanol–water partition coefficient (Wildman–Crippen LogP) is 2.10. The first-order valence-electron chi connectivity index (χ1n) is 8.38. The van der Waals surface area contributed by atoms with Crippen LogP contribution in [0.25, 0.3) is 0 Å². The van der Waals surface area contributed by atoms with Crippen molar-refractivity contribution >= 4 is 11.8 Å². The van der Waals surface area contributed by atoms with E-state index in [2.05, 4.69) is 5.32 Å². The van der Waals surface area contributed by atoms with Gasteiger partial charge in [-0.1, -0.05) is 31.0 Å². The molecule has 0 aromatic heterocycles. The molecule has 5 heteroatoms. The van der Waals surface area contributed by atoms with Gasteiger partial charge in [-0.05, 0) is 18.9 Å². The molecule has 5 nitrogen and oxygen atoms in total. The lowest BCUT2D eigenvalue weighted by atomic mass is 10.1. The molecule has 1 N–H and O–H groups in total. The Bertz CT molecular complexity index is 581. The minimum absolute atomic E-state index is 0.0373. The Kier molecular flexibility index (Phi) is 4.84. The molecule has 1 atom stereocenters. The minimum Gasteiger partial charge on any atom is -0.496 e. The Morgan fingerprint density at radius 1 is 1.30 bits per heavy atom. The number of nitrogens with zero attached hydrogens (tertiary/aromatic N) is 1. The zero-order valence-corrected chi connectivity index (χ0v) is 13.6. The Hall–Kier alpha value is -2.04. The van der Waals surface area contributed by atoms with Gasteiger partial charge in [-0.15, -0.1) is 0 Å². The summed E-state index contributed by atoms with van der Waals surface area (Å²) < 4.78 is 5.29. The molecule has 23 heavy (non-hydrogen) atoms. The fraction of sp³-hybridized carbons (Fsp3) is 0.556. The highest BCUT2D eigenvalue weighted by atomic mass is 16.5. The number of rotatable bonds is 5. The number of carbonyl (C=O) groups is 2. The lowest BCUT2D eigenvalue weighted by Gasteiger charge is -2.23. The lowest BCUT2D eigenvalue weighted by Crippen LogP contribution is -2.36. The van der Waals surface area contributed by atoms with Gasteiger partial charge < -0.3 is 15.0 Å². The normalized spacial score (nSPS) is 21.7. The number of likely N-dealkylation sites (tertiary alicyclic amines) is 1. The molecule has 2 fully saturated rings. The van der Waals surface area contributed by atoms with Crippen molar-refractivity contribution in [1.29, 1.82) is 0 Å². The van der Waals surface area contributed by atoms with Gasteiger partial charge >= 0.3 is 0 Å². The van der Waals surface area contributed by atoms with Crippen molar-refractivity contribution in [3.05, 3.63) is 29.8 Å². The van der Waals surface area contributed by atoms with E-state index in [4.69, 9.17) is 4.74 Å². The fourth-order valence-electron chi connectivity index (χ4n) is 3.65. The zero-order chi connectivity index (χ0) is 16.2. The van der Waals surface area contributed by atoms with Gasteiger partial charge in [0.15, 0.2) is 0 Å². The topological polar surface area (TPSA) is 58.6 Å². The van der Waals surface area contributed by atoms with Crippen LogP contribution in [-0.2, 0) is 16.1 Å². The molecule has 1 aromatic carbocycles. The predicted molar refractivity (Wildman–Crippen MR) is 86.9 cm³/mol. The minimum atomic E-state index is -0.224. The number of hydrogen-bond acceptors (Lipinski definition) is 3. The third kappa shape index (κ3) is 3.49. The van der Waals surface area contributed by atoms with Crippen molar-refractivity contribution in [1.82, 2.24) is 10.2 Å². The van der Waals surface area contributed by atoms with E-state index in [0.29, 0.717) is 25.6 Å². The molecule has 0 radical (unpaired) electrons. The maximum absolute atomic E-state index is 12.4. The zero-order valence-electron chi connectivity index (χ0n) is 13.6. The summed E-state index contributed by atoms with van der Waals surface area (Å²) in [5.74, 6) is 0.639. The molecular weight excluding hydrogens is 292 g/mol. The average Bonchev–Trinajstić information content (AvgIpc) is 3.22. The second-order valence-corrected chi connectivity index (χ2v) is 6.42. The summed E-state index contributed by atoms with van der Waals surface area (Å²) in [7, 11) is 1.62. The van der Waals surface area contributed by atoms with Crippen molar-refractivity contribution in [2.45, 2.75) is 44.7 Å². The van der Waals surface area contributed by atoms with E-state index >= 15 is 0 Å². The standard InChI is InChI=1S/C18H24N2O3/c1-23-16-9-5-2-6-13(16)11-19-18(22)14-10-17(21)20(12-14)15-7-3-4-8-15/h2,5-6,9,14-15H,3-4,7-8,10-12H2,1H3,(H,19,22)/t14-/m1/s1. The van der Waals surface area contributed by atoms with Gasteiger partial charge in [0, 0.05) is 31.1 Å². The number of benzene rings is 1. The summed E-state index contributed by atoms with van der Waals surface area (Å²) in [4.78, 5) is 26.5. The summed E-state index contributed by atoms with van der Waals surface area (Å²) in [6, 6.07) is 7.99. The maximum Gasteiger partial charge on any atom is 0.225 e. The molecule has 2 amide bonds. The average molecular weight is 316 g/mol. The highest BCUT2D eigenvalue weighted by molar-refractivity contribution is 5.89. The second kappa shape index (κ2) is 7.02. The molecule has 0 unspecified atom stereocenters. The molecule has 1 heterocycles. The van der Waals surface area contributed by atoms with Gasteiger partial charge in [0.25, 0.3) is 0 Å². The third-order valence-electron chi connectivity index (χ3n) is 4.94. The summed E-state index contributed by atoms with van der Waals surface area (Å²) in [6.07, 6.45) is 4.90. The Morgan fingerprint density at radius 3 is 2.78 bits per heavy atom. The van der Waals surface area contributed by atoms with Crippen LogP contribution in [0, 0.1) is 5.92 Å². The van der Waals surface area contributed by atoms with Crippen LogP contribution in [0.5, 0.6) is 5.75 Å². The van der Waals surface area contributed by atoms with Crippen LogP contribution in [0.15, 0.2) is 24.3 Å². The molecular formula is C18H24N2O3. The van der Waals surface area contributed by atoms with Crippen LogP contribution in [0.1, 0.15) is 37.7 Å². The number of hydrogen-bond donors (Lipinski definition) is 1. The van der Waals surface area contributed by atoms with Crippen molar-refractivity contribution in [3.63, 3.8) is 0 Å². The van der Waals surface area contributed by atoms with Crippen LogP contribution >= 0.6 is 0 Å². The summed E-state index contributed by atoms with van der Waals surface area (Å²) in [6.45, 7) is 0.998. The number of para-hydroxylation sites is 1. The number of ether oxygens (including phenoxy) is 1. The van der Waals surface area contributed by atoms with E-state index in [9.17, 15) is 9.59 Å². The van der Waals surface area contributed by atoms with Crippen molar-refractivity contribution in [2.75, 3.05) is 13.7 Å². The van der Waals surface area contributed by atoms with E-state index in [1.165, 1.54) is 12.8 Å². The van der Waals surface area contributed by atoms with Gasteiger partial charge in [-0.2, -0.15) is 0 Å². The maximum atomic E-state index is 12.4. The van der Waals surface area contributed by atoms with E-state index in [1.54, 1.807) is 7.11 Å². The number of amides is 2. The molecule has 1 saturated carbocycles. The molecule has 1 aliphatic heterocycles. The van der Waals surface area contributed by atoms with Gasteiger partial charge in [-0.25, -0.2) is 0 Å². The Balaban J connectivity index is 1.55. The van der Waals surface area contributed by atoms with Crippen LogP contribution in [-0.4, -0.2) is 36.4 Å². The van der Waals surface area contributed by atoms with Gasteiger partial charge in [0.05, 0.1) is 13.0 Å². The smallest absolute Gasteiger partial charge is 0.225 e. The van der Waals surface area contributed by atoms with E-state index in [0.717, 1.165) is 24.2 Å². The van der Waals surface area contributed by atoms with E-state index < -0.39 is 0 Å². The summed E-state index contributed by atoms with van der Waals surface area (Å²) >= 11 is 0. The fourth-order valence-corrected chi connectivity index (χ4v) is 3.65. The largest absolute Gasteiger partial charge is 0.496 e. The van der Waals surface area contributed by atoms with Crippen molar-refractivity contribution in [3.8, 4) is 5.75 Å². The first kappa shape index (κ1) is 15.8. The molecule has 1 aliphatic carbocycles. The third-order valence-corrected chi connectivity index (χ3v) is 4.94. The first-order chi connectivity index (χ1) is 11.2. The summed E-state index contributed by atoms with van der Waals surface area (Å²) in [5, 5.41) is 2.95. The Morgan fingerprint density at radius 2 is 2.04 bits per heavy atom. The number of carbonyl (C=O) groups excluding carboxylic acids is 2. The van der Waals surface area contributed by atoms with Gasteiger partial charge in [0.1, 0.15) is 5.75 Å². The first-order valence-corrected chi connectivity index (χ1v) is 8.38. The van der Waals surface area contributed by atoms with Crippen LogP contribution in [0.3, 0.4) is 0 Å². The van der Waals surface area contributed by atoms with Crippen molar-refractivity contribution < 1.29 is 14.3 Å². The van der Waals surface area contributed by atoms with Crippen LogP contribution < -0.4 is 10.1 Å². The van der Waals surface area contributed by atoms with Gasteiger partial charge in [-0.3, -0.25) is 9.59 Å². The van der Waals surface area contributed by atoms with Gasteiger partial charge in [0.2, 0.25) is 11.8 Å². The number of nitrogens with one attached hydrogen (secondary N) is 1. The molecule has 0 spiro atoms. The number of methoxy groups -OCH3 is 1. The van der Waals surface area contributed by atoms with Crippen molar-refractivity contribution in [2.24, 2.45) is 5.92 Å². The molecule has 124 valence electrons. The highest BCUT2D eigenvalue weighted by Crippen LogP contribution is 2.29. The monoisotopic (exact) mass is 316 g/mol. The SMILES string of the molecule is COc1ccccc1CNC(=O)[C@@H]1CC(=O)N(C2CCCC2)C1.